The van der Waals surface area contributed by atoms with Crippen LogP contribution < -0.4 is 0 Å². The maximum absolute atomic E-state index is 2.40. The smallest absolute Gasteiger partial charge is 0.0380 e. The summed E-state index contributed by atoms with van der Waals surface area (Å²) in [5.74, 6) is 1.79. The van der Waals surface area contributed by atoms with Gasteiger partial charge >= 0.3 is 0 Å². The van der Waals surface area contributed by atoms with Crippen molar-refractivity contribution in [3.8, 4) is 0 Å². The van der Waals surface area contributed by atoms with Gasteiger partial charge in [-0.25, -0.2) is 0 Å². The Bertz CT molecular complexity index is 127. The van der Waals surface area contributed by atoms with Crippen LogP contribution >= 0.6 is 0 Å². The zero-order valence-corrected chi connectivity index (χ0v) is 11.2. The molecule has 0 saturated heterocycles. The standard InChI is InChI=1S/C14H30/c1-12(2)9-7-8-10-13(3)11-14(4,5)6/h12-13H,7-11H2,1-6H3. The first-order chi connectivity index (χ1) is 6.31. The zero-order chi connectivity index (χ0) is 11.2. The van der Waals surface area contributed by atoms with Crippen molar-refractivity contribution in [3.05, 3.63) is 0 Å². The van der Waals surface area contributed by atoms with Crippen LogP contribution in [-0.2, 0) is 0 Å². The molecule has 0 aliphatic carbocycles. The highest BCUT2D eigenvalue weighted by atomic mass is 14.2. The lowest BCUT2D eigenvalue weighted by Gasteiger charge is -2.23. The Morgan fingerprint density at radius 1 is 0.857 bits per heavy atom. The van der Waals surface area contributed by atoms with E-state index in [1.165, 1.54) is 32.1 Å². The molecule has 14 heavy (non-hydrogen) atoms. The van der Waals surface area contributed by atoms with Crippen molar-refractivity contribution in [2.75, 3.05) is 0 Å². The van der Waals surface area contributed by atoms with E-state index in [1.807, 2.05) is 0 Å². The van der Waals surface area contributed by atoms with Crippen molar-refractivity contribution >= 4 is 0 Å². The third kappa shape index (κ3) is 10.1. The molecule has 0 amide bonds. The molecule has 1 atom stereocenters. The van der Waals surface area contributed by atoms with Crippen molar-refractivity contribution < 1.29 is 0 Å². The summed E-state index contributed by atoms with van der Waals surface area (Å²) in [6, 6.07) is 0. The normalized spacial score (nSPS) is 14.8. The molecule has 0 bridgehead atoms. The van der Waals surface area contributed by atoms with E-state index in [0.29, 0.717) is 5.41 Å². The van der Waals surface area contributed by atoms with E-state index in [0.717, 1.165) is 11.8 Å². The molecule has 0 rings (SSSR count). The highest BCUT2D eigenvalue weighted by Gasteiger charge is 2.14. The average molecular weight is 198 g/mol. The molecule has 0 aromatic rings. The van der Waals surface area contributed by atoms with Gasteiger partial charge in [-0.2, -0.15) is 0 Å². The van der Waals surface area contributed by atoms with E-state index in [2.05, 4.69) is 41.5 Å². The molecule has 0 heterocycles. The average Bonchev–Trinajstić information content (AvgIpc) is 1.94. The van der Waals surface area contributed by atoms with Crippen LogP contribution in [0.1, 0.15) is 73.6 Å². The fraction of sp³-hybridized carbons (Fsp3) is 1.00. The predicted octanol–water partition coefficient (Wildman–Crippen LogP) is 5.28. The van der Waals surface area contributed by atoms with Crippen LogP contribution in [0, 0.1) is 17.3 Å². The molecule has 0 aliphatic rings. The predicted molar refractivity (Wildman–Crippen MR) is 66.5 cm³/mol. The molecule has 0 fully saturated rings. The van der Waals surface area contributed by atoms with E-state index in [4.69, 9.17) is 0 Å². The second-order valence-electron chi connectivity index (χ2n) is 6.55. The van der Waals surface area contributed by atoms with Crippen LogP contribution in [-0.4, -0.2) is 0 Å². The summed E-state index contributed by atoms with van der Waals surface area (Å²) in [7, 11) is 0. The Hall–Kier alpha value is 0. The first-order valence-electron chi connectivity index (χ1n) is 6.31. The fourth-order valence-electron chi connectivity index (χ4n) is 2.19. The van der Waals surface area contributed by atoms with Gasteiger partial charge in [0.2, 0.25) is 0 Å². The van der Waals surface area contributed by atoms with Crippen LogP contribution in [0.3, 0.4) is 0 Å². The first-order valence-corrected chi connectivity index (χ1v) is 6.31. The summed E-state index contributed by atoms with van der Waals surface area (Å²) in [5, 5.41) is 0. The van der Waals surface area contributed by atoms with Crippen LogP contribution in [0.5, 0.6) is 0 Å². The van der Waals surface area contributed by atoms with Crippen LogP contribution in [0.25, 0.3) is 0 Å². The van der Waals surface area contributed by atoms with Gasteiger partial charge in [0.25, 0.3) is 0 Å². The molecule has 0 heteroatoms. The van der Waals surface area contributed by atoms with Crippen molar-refractivity contribution in [1.82, 2.24) is 0 Å². The molecule has 1 unspecified atom stereocenters. The van der Waals surface area contributed by atoms with Gasteiger partial charge in [0, 0.05) is 0 Å². The van der Waals surface area contributed by atoms with Gasteiger partial charge in [0.15, 0.2) is 0 Å². The van der Waals surface area contributed by atoms with Gasteiger partial charge in [-0.1, -0.05) is 67.2 Å². The van der Waals surface area contributed by atoms with Crippen molar-refractivity contribution in [3.63, 3.8) is 0 Å². The maximum atomic E-state index is 2.40. The number of rotatable bonds is 6. The summed E-state index contributed by atoms with van der Waals surface area (Å²) in [6.07, 6.45) is 7.04. The highest BCUT2D eigenvalue weighted by Crippen LogP contribution is 2.27. The van der Waals surface area contributed by atoms with Gasteiger partial charge in [0.05, 0.1) is 0 Å². The van der Waals surface area contributed by atoms with Gasteiger partial charge in [0.1, 0.15) is 0 Å². The second-order valence-corrected chi connectivity index (χ2v) is 6.55. The maximum Gasteiger partial charge on any atom is -0.0380 e. The molecule has 0 radical (unpaired) electrons. The molecule has 0 aromatic carbocycles. The molecule has 0 aromatic heterocycles. The SMILES string of the molecule is CC(C)CCCCC(C)CC(C)(C)C. The van der Waals surface area contributed by atoms with E-state index < -0.39 is 0 Å². The van der Waals surface area contributed by atoms with E-state index in [1.54, 1.807) is 0 Å². The number of unbranched alkanes of at least 4 members (excludes halogenated alkanes) is 1. The van der Waals surface area contributed by atoms with Gasteiger partial charge < -0.3 is 0 Å². The summed E-state index contributed by atoms with van der Waals surface area (Å²) < 4.78 is 0. The molecule has 0 nitrogen and oxygen atoms in total. The minimum absolute atomic E-state index is 0.511. The minimum atomic E-state index is 0.511. The molecule has 86 valence electrons. The fourth-order valence-corrected chi connectivity index (χ4v) is 2.19. The second kappa shape index (κ2) is 6.48. The Labute approximate surface area is 91.5 Å². The lowest BCUT2D eigenvalue weighted by molar-refractivity contribution is 0.290. The van der Waals surface area contributed by atoms with Crippen molar-refractivity contribution in [2.24, 2.45) is 17.3 Å². The Balaban J connectivity index is 3.40. The molecule has 0 N–H and O–H groups in total. The topological polar surface area (TPSA) is 0 Å². The number of hydrogen-bond acceptors (Lipinski definition) is 0. The molecule has 0 saturated carbocycles. The van der Waals surface area contributed by atoms with E-state index >= 15 is 0 Å². The summed E-state index contributed by atoms with van der Waals surface area (Å²) in [4.78, 5) is 0. The molecular formula is C14H30. The summed E-state index contributed by atoms with van der Waals surface area (Å²) in [5.41, 5.74) is 0.511. The molecule has 0 spiro atoms. The van der Waals surface area contributed by atoms with Gasteiger partial charge in [-0.3, -0.25) is 0 Å². The van der Waals surface area contributed by atoms with Crippen LogP contribution in [0.15, 0.2) is 0 Å². The minimum Gasteiger partial charge on any atom is -0.0628 e. The monoisotopic (exact) mass is 198 g/mol. The Kier molecular flexibility index (Phi) is 6.48. The van der Waals surface area contributed by atoms with Crippen molar-refractivity contribution in [2.45, 2.75) is 73.6 Å². The van der Waals surface area contributed by atoms with E-state index in [-0.39, 0.29) is 0 Å². The highest BCUT2D eigenvalue weighted by molar-refractivity contribution is 4.66. The van der Waals surface area contributed by atoms with E-state index in [9.17, 15) is 0 Å². The quantitative estimate of drug-likeness (QED) is 0.510. The summed E-state index contributed by atoms with van der Waals surface area (Å²) in [6.45, 7) is 14.1. The van der Waals surface area contributed by atoms with Crippen LogP contribution in [0.4, 0.5) is 0 Å². The Morgan fingerprint density at radius 2 is 1.36 bits per heavy atom. The summed E-state index contributed by atoms with van der Waals surface area (Å²) >= 11 is 0. The number of hydrogen-bond donors (Lipinski definition) is 0. The third-order valence-corrected chi connectivity index (χ3v) is 2.69. The van der Waals surface area contributed by atoms with Crippen molar-refractivity contribution in [1.29, 1.82) is 0 Å². The molecular weight excluding hydrogens is 168 g/mol. The first kappa shape index (κ1) is 14.0. The molecule has 0 aliphatic heterocycles. The van der Waals surface area contributed by atoms with Gasteiger partial charge in [-0.05, 0) is 23.7 Å². The lowest BCUT2D eigenvalue weighted by atomic mass is 9.83. The van der Waals surface area contributed by atoms with Crippen LogP contribution in [0.2, 0.25) is 0 Å². The van der Waals surface area contributed by atoms with Gasteiger partial charge in [-0.15, -0.1) is 0 Å². The largest absolute Gasteiger partial charge is 0.0628 e. The Morgan fingerprint density at radius 3 is 1.79 bits per heavy atom. The lowest BCUT2D eigenvalue weighted by Crippen LogP contribution is -2.10. The zero-order valence-electron chi connectivity index (χ0n) is 11.2. The third-order valence-electron chi connectivity index (χ3n) is 2.69.